The van der Waals surface area contributed by atoms with Crippen LogP contribution in [0.2, 0.25) is 0 Å². The molecule has 0 aromatic carbocycles. The summed E-state index contributed by atoms with van der Waals surface area (Å²) in [7, 11) is 1.84. The van der Waals surface area contributed by atoms with Crippen LogP contribution < -0.4 is 10.6 Å². The molecule has 0 saturated carbocycles. The highest BCUT2D eigenvalue weighted by Gasteiger charge is 2.28. The first kappa shape index (κ1) is 18.6. The van der Waals surface area contributed by atoms with Gasteiger partial charge in [0, 0.05) is 30.4 Å². The third-order valence-electron chi connectivity index (χ3n) is 4.36. The second kappa shape index (κ2) is 8.28. The second-order valence-corrected chi connectivity index (χ2v) is 8.62. The molecule has 0 unspecified atom stereocenters. The number of thioether (sulfide) groups is 1. The molecule has 1 saturated heterocycles. The predicted octanol–water partition coefficient (Wildman–Crippen LogP) is 2.56. The molecular formula is C16H34N4S. The molecule has 0 amide bonds. The van der Waals surface area contributed by atoms with Crippen LogP contribution in [0.1, 0.15) is 47.0 Å². The van der Waals surface area contributed by atoms with Gasteiger partial charge < -0.3 is 10.6 Å². The van der Waals surface area contributed by atoms with Gasteiger partial charge in [0.05, 0.1) is 0 Å². The molecular weight excluding hydrogens is 280 g/mol. The zero-order valence-electron chi connectivity index (χ0n) is 14.8. The molecule has 1 heterocycles. The van der Waals surface area contributed by atoms with Crippen LogP contribution in [-0.2, 0) is 0 Å². The molecule has 5 heteroatoms. The van der Waals surface area contributed by atoms with Crippen LogP contribution in [0, 0.1) is 0 Å². The molecule has 0 bridgehead atoms. The molecule has 124 valence electrons. The highest BCUT2D eigenvalue weighted by atomic mass is 32.2. The average Bonchev–Trinajstić information content (AvgIpc) is 2.48. The zero-order chi connectivity index (χ0) is 15.9. The summed E-state index contributed by atoms with van der Waals surface area (Å²) in [4.78, 5) is 6.94. The number of hydrogen-bond acceptors (Lipinski definition) is 3. The molecule has 1 aliphatic heterocycles. The van der Waals surface area contributed by atoms with Crippen LogP contribution in [-0.4, -0.2) is 60.6 Å². The minimum Gasteiger partial charge on any atom is -0.355 e. The molecule has 0 spiro atoms. The van der Waals surface area contributed by atoms with E-state index >= 15 is 0 Å². The van der Waals surface area contributed by atoms with Crippen LogP contribution in [0.5, 0.6) is 0 Å². The topological polar surface area (TPSA) is 39.7 Å². The van der Waals surface area contributed by atoms with Crippen molar-refractivity contribution in [2.45, 2.75) is 57.2 Å². The number of piperidine rings is 1. The summed E-state index contributed by atoms with van der Waals surface area (Å²) in [6, 6.07) is 0. The van der Waals surface area contributed by atoms with Crippen molar-refractivity contribution in [2.24, 2.45) is 4.99 Å². The molecule has 1 aliphatic rings. The summed E-state index contributed by atoms with van der Waals surface area (Å²) in [6.45, 7) is 13.4. The predicted molar refractivity (Wildman–Crippen MR) is 96.5 cm³/mol. The summed E-state index contributed by atoms with van der Waals surface area (Å²) in [5, 5.41) is 6.93. The zero-order valence-corrected chi connectivity index (χ0v) is 15.6. The maximum absolute atomic E-state index is 4.34. The summed E-state index contributed by atoms with van der Waals surface area (Å²) in [6.07, 6.45) is 6.20. The third-order valence-corrected chi connectivity index (χ3v) is 5.61. The molecule has 0 atom stereocenters. The number of rotatable bonds is 6. The Bertz CT molecular complexity index is 333. The van der Waals surface area contributed by atoms with Crippen LogP contribution >= 0.6 is 11.8 Å². The number of nitrogens with one attached hydrogen (secondary N) is 2. The van der Waals surface area contributed by atoms with Crippen molar-refractivity contribution in [2.75, 3.05) is 39.5 Å². The van der Waals surface area contributed by atoms with Gasteiger partial charge in [-0.1, -0.05) is 6.42 Å². The molecule has 2 N–H and O–H groups in total. The summed E-state index contributed by atoms with van der Waals surface area (Å²) in [5.41, 5.74) is 0.174. The molecule has 1 rings (SSSR count). The van der Waals surface area contributed by atoms with E-state index in [0.29, 0.717) is 0 Å². The maximum Gasteiger partial charge on any atom is 0.191 e. The van der Waals surface area contributed by atoms with Crippen LogP contribution in [0.4, 0.5) is 0 Å². The summed E-state index contributed by atoms with van der Waals surface area (Å²) < 4.78 is 0.222. The SMILES string of the molecule is CN=C(NCC(C)(C)SC)NCC(C)(C)N1CCCCC1. The fraction of sp³-hybridized carbons (Fsp3) is 0.938. The number of aliphatic imine (C=N–C) groups is 1. The van der Waals surface area contributed by atoms with Crippen LogP contribution in [0.3, 0.4) is 0 Å². The highest BCUT2D eigenvalue weighted by molar-refractivity contribution is 7.99. The molecule has 0 aromatic rings. The first-order valence-electron chi connectivity index (χ1n) is 8.05. The highest BCUT2D eigenvalue weighted by Crippen LogP contribution is 2.20. The van der Waals surface area contributed by atoms with Crippen molar-refractivity contribution in [3.05, 3.63) is 0 Å². The number of guanidine groups is 1. The molecule has 4 nitrogen and oxygen atoms in total. The van der Waals surface area contributed by atoms with Gasteiger partial charge in [-0.3, -0.25) is 9.89 Å². The first-order valence-corrected chi connectivity index (χ1v) is 9.28. The molecule has 1 fully saturated rings. The van der Waals surface area contributed by atoms with Crippen molar-refractivity contribution in [3.8, 4) is 0 Å². The van der Waals surface area contributed by atoms with E-state index in [4.69, 9.17) is 0 Å². The van der Waals surface area contributed by atoms with Crippen molar-refractivity contribution < 1.29 is 0 Å². The summed E-state index contributed by atoms with van der Waals surface area (Å²) >= 11 is 1.87. The lowest BCUT2D eigenvalue weighted by atomic mass is 9.98. The van der Waals surface area contributed by atoms with Gasteiger partial charge in [0.2, 0.25) is 0 Å². The second-order valence-electron chi connectivity index (χ2n) is 7.10. The first-order chi connectivity index (χ1) is 9.80. The van der Waals surface area contributed by atoms with Crippen molar-refractivity contribution in [1.82, 2.24) is 15.5 Å². The van der Waals surface area contributed by atoms with Crippen molar-refractivity contribution >= 4 is 17.7 Å². The maximum atomic E-state index is 4.34. The largest absolute Gasteiger partial charge is 0.355 e. The minimum atomic E-state index is 0.174. The van der Waals surface area contributed by atoms with Gasteiger partial charge >= 0.3 is 0 Å². The number of nitrogens with zero attached hydrogens (tertiary/aromatic N) is 2. The molecule has 0 aromatic heterocycles. The fourth-order valence-electron chi connectivity index (χ4n) is 2.50. The van der Waals surface area contributed by atoms with Gasteiger partial charge in [0.25, 0.3) is 0 Å². The van der Waals surface area contributed by atoms with E-state index in [0.717, 1.165) is 19.0 Å². The van der Waals surface area contributed by atoms with E-state index < -0.39 is 0 Å². The van der Waals surface area contributed by atoms with Gasteiger partial charge in [-0.2, -0.15) is 11.8 Å². The van der Waals surface area contributed by atoms with E-state index in [1.165, 1.54) is 32.4 Å². The minimum absolute atomic E-state index is 0.174. The number of likely N-dealkylation sites (tertiary alicyclic amines) is 1. The lowest BCUT2D eigenvalue weighted by Gasteiger charge is -2.41. The third kappa shape index (κ3) is 6.47. The lowest BCUT2D eigenvalue weighted by Crippen LogP contribution is -2.55. The Balaban J connectivity index is 2.43. The number of hydrogen-bond donors (Lipinski definition) is 2. The molecule has 0 aliphatic carbocycles. The Hall–Kier alpha value is -0.420. The quantitative estimate of drug-likeness (QED) is 0.584. The van der Waals surface area contributed by atoms with E-state index in [2.05, 4.69) is 54.5 Å². The fourth-order valence-corrected chi connectivity index (χ4v) is 2.72. The van der Waals surface area contributed by atoms with E-state index in [1.807, 2.05) is 18.8 Å². The van der Waals surface area contributed by atoms with Gasteiger partial charge in [-0.15, -0.1) is 0 Å². The Morgan fingerprint density at radius 2 is 1.62 bits per heavy atom. The van der Waals surface area contributed by atoms with Gasteiger partial charge in [-0.25, -0.2) is 0 Å². The lowest BCUT2D eigenvalue weighted by molar-refractivity contribution is 0.0982. The monoisotopic (exact) mass is 314 g/mol. The normalized spacial score (nSPS) is 18.7. The van der Waals surface area contributed by atoms with Gasteiger partial charge in [0.1, 0.15) is 0 Å². The Labute approximate surface area is 135 Å². The van der Waals surface area contributed by atoms with Gasteiger partial charge in [0.15, 0.2) is 5.96 Å². The average molecular weight is 315 g/mol. The van der Waals surface area contributed by atoms with Crippen LogP contribution in [0.15, 0.2) is 4.99 Å². The molecule has 0 radical (unpaired) electrons. The van der Waals surface area contributed by atoms with Crippen molar-refractivity contribution in [3.63, 3.8) is 0 Å². The Morgan fingerprint density at radius 3 is 2.14 bits per heavy atom. The Kier molecular flexibility index (Phi) is 7.34. The van der Waals surface area contributed by atoms with E-state index in [9.17, 15) is 0 Å². The van der Waals surface area contributed by atoms with E-state index in [1.54, 1.807) is 0 Å². The Morgan fingerprint density at radius 1 is 1.05 bits per heavy atom. The summed E-state index contributed by atoms with van der Waals surface area (Å²) in [5.74, 6) is 0.905. The smallest absolute Gasteiger partial charge is 0.191 e. The van der Waals surface area contributed by atoms with E-state index in [-0.39, 0.29) is 10.3 Å². The standard InChI is InChI=1S/C16H34N4S/c1-15(2,20-10-8-7-9-11-20)12-18-14(17-5)19-13-16(3,4)21-6/h7-13H2,1-6H3,(H2,17,18,19). The van der Waals surface area contributed by atoms with Crippen molar-refractivity contribution in [1.29, 1.82) is 0 Å². The molecule has 21 heavy (non-hydrogen) atoms. The van der Waals surface area contributed by atoms with Gasteiger partial charge in [-0.05, 0) is 59.9 Å². The van der Waals surface area contributed by atoms with Crippen LogP contribution in [0.25, 0.3) is 0 Å².